The average Bonchev–Trinajstić information content (AvgIpc) is 3.51. The Morgan fingerprint density at radius 2 is 1.88 bits per heavy atom. The highest BCUT2D eigenvalue weighted by atomic mass is 35.5. The molecule has 4 aliphatic rings. The molecular formula is C29H34Cl2N6O6. The smallest absolute Gasteiger partial charge is 0.274 e. The number of ether oxygens (including phenoxy) is 3. The van der Waals surface area contributed by atoms with Gasteiger partial charge in [-0.3, -0.25) is 14.4 Å². The van der Waals surface area contributed by atoms with Gasteiger partial charge in [-0.25, -0.2) is 4.98 Å². The first kappa shape index (κ1) is 31.9. The summed E-state index contributed by atoms with van der Waals surface area (Å²) in [5.41, 5.74) is 1.60. The molecule has 5 heterocycles. The van der Waals surface area contributed by atoms with E-state index in [9.17, 15) is 14.4 Å². The molecule has 3 aromatic rings. The van der Waals surface area contributed by atoms with Crippen molar-refractivity contribution in [1.82, 2.24) is 30.4 Å². The van der Waals surface area contributed by atoms with E-state index in [0.717, 1.165) is 37.4 Å². The van der Waals surface area contributed by atoms with Crippen molar-refractivity contribution in [3.63, 3.8) is 0 Å². The summed E-state index contributed by atoms with van der Waals surface area (Å²) in [7, 11) is 1.49. The Hall–Kier alpha value is -4.00. The van der Waals surface area contributed by atoms with Crippen LogP contribution in [0.5, 0.6) is 17.2 Å². The van der Waals surface area contributed by atoms with E-state index in [-0.39, 0.29) is 68.0 Å². The fraction of sp³-hybridized carbons (Fsp3) is 0.379. The van der Waals surface area contributed by atoms with E-state index in [1.807, 2.05) is 35.0 Å². The van der Waals surface area contributed by atoms with Crippen LogP contribution in [-0.2, 0) is 24.3 Å². The molecule has 4 aliphatic heterocycles. The summed E-state index contributed by atoms with van der Waals surface area (Å²) in [5, 5.41) is 9.20. The van der Waals surface area contributed by atoms with E-state index >= 15 is 0 Å². The van der Waals surface area contributed by atoms with Gasteiger partial charge in [0, 0.05) is 50.9 Å². The van der Waals surface area contributed by atoms with Crippen molar-refractivity contribution >= 4 is 42.5 Å². The van der Waals surface area contributed by atoms with Gasteiger partial charge < -0.3 is 39.6 Å². The molecule has 12 nitrogen and oxygen atoms in total. The van der Waals surface area contributed by atoms with Crippen LogP contribution in [0.15, 0.2) is 48.7 Å². The van der Waals surface area contributed by atoms with E-state index < -0.39 is 12.1 Å². The molecule has 3 amide bonds. The monoisotopic (exact) mass is 632 g/mol. The van der Waals surface area contributed by atoms with E-state index in [4.69, 9.17) is 14.2 Å². The second-order valence-corrected chi connectivity index (χ2v) is 10.3. The number of hydrogen-bond donors (Lipinski definition) is 3. The number of halogens is 2. The normalized spacial score (nSPS) is 19.9. The third-order valence-corrected chi connectivity index (χ3v) is 7.49. The van der Waals surface area contributed by atoms with Gasteiger partial charge in [-0.05, 0) is 35.9 Å². The minimum absolute atomic E-state index is 0. The molecule has 0 unspecified atom stereocenters. The van der Waals surface area contributed by atoms with E-state index in [2.05, 4.69) is 20.9 Å². The van der Waals surface area contributed by atoms with Gasteiger partial charge in [0.25, 0.3) is 17.7 Å². The van der Waals surface area contributed by atoms with Crippen LogP contribution in [0.2, 0.25) is 0 Å². The second-order valence-electron chi connectivity index (χ2n) is 10.3. The Morgan fingerprint density at radius 3 is 2.67 bits per heavy atom. The Balaban J connectivity index is 0.00000212. The fourth-order valence-corrected chi connectivity index (χ4v) is 5.27. The molecule has 1 aromatic heterocycles. The number of aromatic nitrogens is 2. The van der Waals surface area contributed by atoms with Gasteiger partial charge in [-0.15, -0.1) is 24.8 Å². The molecule has 0 radical (unpaired) electrons. The largest absolute Gasteiger partial charge is 0.493 e. The number of imidazole rings is 1. The van der Waals surface area contributed by atoms with Crippen molar-refractivity contribution in [3.05, 3.63) is 71.3 Å². The quantitative estimate of drug-likeness (QED) is 0.388. The van der Waals surface area contributed by atoms with Gasteiger partial charge in [0.15, 0.2) is 18.1 Å². The Bertz CT molecular complexity index is 1440. The predicted molar refractivity (Wildman–Crippen MR) is 162 cm³/mol. The van der Waals surface area contributed by atoms with Gasteiger partial charge in [-0.1, -0.05) is 12.1 Å². The molecule has 230 valence electrons. The highest BCUT2D eigenvalue weighted by molar-refractivity contribution is 5.96. The zero-order valence-electron chi connectivity index (χ0n) is 23.5. The highest BCUT2D eigenvalue weighted by Crippen LogP contribution is 2.29. The first-order chi connectivity index (χ1) is 20.0. The Morgan fingerprint density at radius 1 is 1.07 bits per heavy atom. The number of nitrogens with one attached hydrogen (secondary N) is 3. The van der Waals surface area contributed by atoms with E-state index in [0.29, 0.717) is 29.3 Å². The van der Waals surface area contributed by atoms with Crippen LogP contribution in [0, 0.1) is 0 Å². The lowest BCUT2D eigenvalue weighted by atomic mass is 10.1. The first-order valence-corrected chi connectivity index (χ1v) is 13.7. The van der Waals surface area contributed by atoms with Gasteiger partial charge in [0.05, 0.1) is 19.7 Å². The Kier molecular flexibility index (Phi) is 10.4. The topological polar surface area (TPSA) is 136 Å². The van der Waals surface area contributed by atoms with Crippen molar-refractivity contribution in [2.24, 2.45) is 0 Å². The number of methoxy groups -OCH3 is 1. The zero-order valence-corrected chi connectivity index (χ0v) is 25.2. The summed E-state index contributed by atoms with van der Waals surface area (Å²) < 4.78 is 19.4. The van der Waals surface area contributed by atoms with Crippen molar-refractivity contribution in [1.29, 1.82) is 0 Å². The highest BCUT2D eigenvalue weighted by Gasteiger charge is 2.39. The summed E-state index contributed by atoms with van der Waals surface area (Å²) in [6, 6.07) is 11.6. The van der Waals surface area contributed by atoms with Gasteiger partial charge in [-0.2, -0.15) is 0 Å². The number of hydrogen-bond acceptors (Lipinski definition) is 8. The van der Waals surface area contributed by atoms with Crippen molar-refractivity contribution in [3.8, 4) is 17.2 Å². The van der Waals surface area contributed by atoms with Crippen LogP contribution < -0.4 is 30.2 Å². The summed E-state index contributed by atoms with van der Waals surface area (Å²) >= 11 is 0. The van der Waals surface area contributed by atoms with Crippen LogP contribution in [0.1, 0.15) is 32.2 Å². The zero-order chi connectivity index (χ0) is 28.3. The number of fused-ring (bicyclic) bond motifs is 8. The van der Waals surface area contributed by atoms with Crippen LogP contribution in [0.4, 0.5) is 0 Å². The molecular weight excluding hydrogens is 599 g/mol. The number of likely N-dealkylation sites (tertiary alicyclic amines) is 1. The maximum absolute atomic E-state index is 13.6. The first-order valence-electron chi connectivity index (χ1n) is 13.7. The lowest BCUT2D eigenvalue weighted by molar-refractivity contribution is -0.123. The lowest BCUT2D eigenvalue weighted by Crippen LogP contribution is -2.45. The molecule has 1 saturated heterocycles. The van der Waals surface area contributed by atoms with Crippen molar-refractivity contribution < 1.29 is 28.6 Å². The molecule has 2 aromatic carbocycles. The number of rotatable bonds is 2. The SMILES string of the molecule is COc1ccc2cc1OCC(=O)NCc1ccc(cc1)O[C@H]1CN(C(=O)c3cn4c(n3)CCNCC4)C[C@@H]1NC2=O.Cl.Cl. The number of carbonyl (C=O) groups excluding carboxylic acids is 3. The third kappa shape index (κ3) is 7.15. The summed E-state index contributed by atoms with van der Waals surface area (Å²) in [4.78, 5) is 45.6. The van der Waals surface area contributed by atoms with Crippen LogP contribution in [0.3, 0.4) is 0 Å². The third-order valence-electron chi connectivity index (χ3n) is 7.49. The molecule has 14 heteroatoms. The molecule has 43 heavy (non-hydrogen) atoms. The van der Waals surface area contributed by atoms with E-state index in [1.54, 1.807) is 17.0 Å². The predicted octanol–water partition coefficient (Wildman–Crippen LogP) is 1.59. The van der Waals surface area contributed by atoms with Crippen LogP contribution >= 0.6 is 24.8 Å². The second kappa shape index (κ2) is 14.0. The molecule has 0 saturated carbocycles. The lowest BCUT2D eigenvalue weighted by Gasteiger charge is -2.21. The number of amides is 3. The number of carbonyl (C=O) groups is 3. The maximum atomic E-state index is 13.6. The van der Waals surface area contributed by atoms with Gasteiger partial charge in [0.1, 0.15) is 23.4 Å². The van der Waals surface area contributed by atoms with Crippen molar-refractivity contribution in [2.45, 2.75) is 31.7 Å². The number of nitrogens with zero attached hydrogens (tertiary/aromatic N) is 3. The molecule has 2 atom stereocenters. The van der Waals surface area contributed by atoms with Crippen molar-refractivity contribution in [2.75, 3.05) is 39.9 Å². The average molecular weight is 634 g/mol. The number of benzene rings is 2. The summed E-state index contributed by atoms with van der Waals surface area (Å²) in [5.74, 6) is 1.28. The Labute approximate surface area is 261 Å². The molecule has 1 fully saturated rings. The van der Waals surface area contributed by atoms with Gasteiger partial charge >= 0.3 is 0 Å². The van der Waals surface area contributed by atoms with Crippen LogP contribution in [-0.4, -0.2) is 84.2 Å². The fourth-order valence-electron chi connectivity index (χ4n) is 5.27. The summed E-state index contributed by atoms with van der Waals surface area (Å²) in [6.45, 7) is 3.03. The standard InChI is InChI=1S/C29H32N6O6.2ClH/c1-39-23-7-4-19-12-24(23)40-17-27(36)31-13-18-2-5-20(6-3-18)41-25-16-35(14-21(25)33-28(19)37)29(38)22-15-34-11-10-30-9-8-26(34)32-22;;/h2-7,12,15,21,25,30H,8-11,13-14,16-17H2,1H3,(H,31,36)(H,33,37);2*1H/t21-,25-;;/m0../s1. The summed E-state index contributed by atoms with van der Waals surface area (Å²) in [6.07, 6.45) is 2.07. The minimum Gasteiger partial charge on any atom is -0.493 e. The molecule has 0 aliphatic carbocycles. The maximum Gasteiger partial charge on any atom is 0.274 e. The van der Waals surface area contributed by atoms with Crippen LogP contribution in [0.25, 0.3) is 0 Å². The van der Waals surface area contributed by atoms with E-state index in [1.165, 1.54) is 13.2 Å². The molecule has 3 N–H and O–H groups in total. The van der Waals surface area contributed by atoms with Gasteiger partial charge in [0.2, 0.25) is 0 Å². The molecule has 0 spiro atoms. The minimum atomic E-state index is -0.497. The molecule has 4 bridgehead atoms. The molecule has 7 rings (SSSR count).